The Bertz CT molecular complexity index is 1210. The van der Waals surface area contributed by atoms with Crippen LogP contribution in [0.1, 0.15) is 22.2 Å². The number of rotatable bonds is 5. The fraction of sp³-hybridized carbons (Fsp3) is 0.200. The number of carbonyl (C=O) groups excluding carboxylic acids is 1. The first-order chi connectivity index (χ1) is 15.6. The van der Waals surface area contributed by atoms with E-state index >= 15 is 0 Å². The molecule has 5 rings (SSSR count). The number of thiazole rings is 1. The summed E-state index contributed by atoms with van der Waals surface area (Å²) in [4.78, 5) is 30.1. The van der Waals surface area contributed by atoms with Gasteiger partial charge in [0, 0.05) is 23.5 Å². The number of anilines is 1. The van der Waals surface area contributed by atoms with E-state index in [1.54, 1.807) is 17.8 Å². The summed E-state index contributed by atoms with van der Waals surface area (Å²) in [7, 11) is 0. The number of H-pyrrole nitrogens is 1. The summed E-state index contributed by atoms with van der Waals surface area (Å²) in [5.74, 6) is -0.296. The quantitative estimate of drug-likeness (QED) is 0.391. The van der Waals surface area contributed by atoms with Crippen molar-refractivity contribution in [2.45, 2.75) is 13.0 Å². The van der Waals surface area contributed by atoms with Gasteiger partial charge in [-0.2, -0.15) is 10.2 Å². The van der Waals surface area contributed by atoms with Crippen molar-refractivity contribution in [1.29, 1.82) is 0 Å². The van der Waals surface area contributed by atoms with E-state index in [2.05, 4.69) is 30.6 Å². The normalized spacial score (nSPS) is 13.0. The van der Waals surface area contributed by atoms with Crippen molar-refractivity contribution >= 4 is 29.4 Å². The van der Waals surface area contributed by atoms with Crippen molar-refractivity contribution in [3.63, 3.8) is 0 Å². The third kappa shape index (κ3) is 4.40. The van der Waals surface area contributed by atoms with Gasteiger partial charge < -0.3 is 15.2 Å². The highest BCUT2D eigenvalue weighted by Gasteiger charge is 2.25. The van der Waals surface area contributed by atoms with Crippen LogP contribution in [0.5, 0.6) is 0 Å². The molecule has 3 N–H and O–H groups in total. The first-order valence-electron chi connectivity index (χ1n) is 9.54. The first-order valence-corrected chi connectivity index (χ1v) is 10.4. The molecule has 0 unspecified atom stereocenters. The van der Waals surface area contributed by atoms with Gasteiger partial charge in [0.25, 0.3) is 12.4 Å². The van der Waals surface area contributed by atoms with Crippen LogP contribution in [0.4, 0.5) is 5.69 Å². The van der Waals surface area contributed by atoms with Crippen LogP contribution < -0.4 is 5.32 Å². The molecule has 1 amide bonds. The van der Waals surface area contributed by atoms with Crippen LogP contribution in [0.2, 0.25) is 0 Å². The third-order valence-electron chi connectivity index (χ3n) is 4.68. The SMILES string of the molecule is Cc1[nH]ncc1-c1nc(C(=O)Nc2cn(C3COC3)nc2-c2ccccn2)cs1.O=CO. The van der Waals surface area contributed by atoms with E-state index in [0.29, 0.717) is 36.0 Å². The number of carboxylic acid groups (broad SMARTS) is 1. The van der Waals surface area contributed by atoms with Crippen LogP contribution in [0, 0.1) is 6.92 Å². The minimum atomic E-state index is -0.296. The Kier molecular flexibility index (Phi) is 6.33. The lowest BCUT2D eigenvalue weighted by Gasteiger charge is -2.25. The number of nitrogens with zero attached hydrogens (tertiary/aromatic N) is 5. The average molecular weight is 453 g/mol. The van der Waals surface area contributed by atoms with Crippen LogP contribution in [0.25, 0.3) is 22.0 Å². The first kappa shape index (κ1) is 21.3. The number of nitrogens with one attached hydrogen (secondary N) is 2. The summed E-state index contributed by atoms with van der Waals surface area (Å²) in [6.07, 6.45) is 5.23. The molecule has 0 aliphatic carbocycles. The van der Waals surface area contributed by atoms with Gasteiger partial charge in [0.05, 0.1) is 42.4 Å². The molecule has 4 aromatic heterocycles. The second-order valence-corrected chi connectivity index (χ2v) is 7.64. The zero-order chi connectivity index (χ0) is 22.5. The Morgan fingerprint density at radius 1 is 1.41 bits per heavy atom. The minimum absolute atomic E-state index is 0.165. The maximum Gasteiger partial charge on any atom is 0.290 e. The maximum atomic E-state index is 12.9. The van der Waals surface area contributed by atoms with E-state index < -0.39 is 0 Å². The number of hydrogen-bond acceptors (Lipinski definition) is 8. The molecule has 0 radical (unpaired) electrons. The van der Waals surface area contributed by atoms with Crippen LogP contribution in [0.15, 0.2) is 42.2 Å². The van der Waals surface area contributed by atoms with Gasteiger partial charge in [0.15, 0.2) is 0 Å². The summed E-state index contributed by atoms with van der Waals surface area (Å²) in [6.45, 7) is 2.88. The molecule has 11 nitrogen and oxygen atoms in total. The predicted molar refractivity (Wildman–Crippen MR) is 116 cm³/mol. The molecule has 32 heavy (non-hydrogen) atoms. The topological polar surface area (TPSA) is 148 Å². The lowest BCUT2D eigenvalue weighted by Crippen LogP contribution is -2.30. The molecule has 0 spiro atoms. The number of hydrogen-bond donors (Lipinski definition) is 3. The summed E-state index contributed by atoms with van der Waals surface area (Å²) in [5.41, 5.74) is 4.04. The molecule has 1 aliphatic heterocycles. The number of aromatic nitrogens is 6. The van der Waals surface area contributed by atoms with Crippen LogP contribution >= 0.6 is 11.3 Å². The Labute approximate surface area is 186 Å². The lowest BCUT2D eigenvalue weighted by molar-refractivity contribution is -0.122. The Morgan fingerprint density at radius 2 is 2.22 bits per heavy atom. The number of pyridine rings is 1. The molecule has 4 aromatic rings. The largest absolute Gasteiger partial charge is 0.483 e. The van der Waals surface area contributed by atoms with Gasteiger partial charge in [-0.3, -0.25) is 24.4 Å². The van der Waals surface area contributed by atoms with E-state index in [0.717, 1.165) is 16.3 Å². The van der Waals surface area contributed by atoms with Gasteiger partial charge in [0.1, 0.15) is 16.4 Å². The maximum absolute atomic E-state index is 12.9. The standard InChI is InChI=1S/C19H17N7O2S.CH2O2/c1-11-13(6-21-24-11)19-23-16(10-29-19)18(27)22-15-7-26(12-8-28-9-12)25-17(15)14-4-2-3-5-20-14;2-1-3/h2-7,10,12H,8-9H2,1H3,(H,21,24)(H,22,27);1H,(H,2,3). The van der Waals surface area contributed by atoms with Gasteiger partial charge >= 0.3 is 0 Å². The van der Waals surface area contributed by atoms with Crippen LogP contribution in [-0.2, 0) is 9.53 Å². The highest BCUT2D eigenvalue weighted by Crippen LogP contribution is 2.30. The third-order valence-corrected chi connectivity index (χ3v) is 5.55. The van der Waals surface area contributed by atoms with E-state index in [9.17, 15) is 4.79 Å². The van der Waals surface area contributed by atoms with E-state index in [1.807, 2.05) is 36.0 Å². The molecule has 12 heteroatoms. The van der Waals surface area contributed by atoms with Crippen molar-refractivity contribution in [2.75, 3.05) is 18.5 Å². The van der Waals surface area contributed by atoms with Crippen molar-refractivity contribution in [3.05, 3.63) is 53.6 Å². The summed E-state index contributed by atoms with van der Waals surface area (Å²) in [5, 5.41) is 23.8. The summed E-state index contributed by atoms with van der Waals surface area (Å²) >= 11 is 1.40. The van der Waals surface area contributed by atoms with E-state index in [4.69, 9.17) is 14.6 Å². The van der Waals surface area contributed by atoms with Crippen LogP contribution in [0.3, 0.4) is 0 Å². The molecule has 0 atom stereocenters. The Hall–Kier alpha value is -3.90. The number of ether oxygens (including phenoxy) is 1. The number of aryl methyl sites for hydroxylation is 1. The molecule has 1 saturated heterocycles. The second-order valence-electron chi connectivity index (χ2n) is 6.78. The molecule has 5 heterocycles. The van der Waals surface area contributed by atoms with Crippen molar-refractivity contribution < 1.29 is 19.4 Å². The molecular formula is C20H19N7O4S. The highest BCUT2D eigenvalue weighted by molar-refractivity contribution is 7.13. The molecule has 164 valence electrons. The fourth-order valence-corrected chi connectivity index (χ4v) is 3.86. The highest BCUT2D eigenvalue weighted by atomic mass is 32.1. The molecule has 0 saturated carbocycles. The molecule has 0 bridgehead atoms. The smallest absolute Gasteiger partial charge is 0.290 e. The van der Waals surface area contributed by atoms with Crippen molar-refractivity contribution in [3.8, 4) is 22.0 Å². The summed E-state index contributed by atoms with van der Waals surface area (Å²) < 4.78 is 7.09. The van der Waals surface area contributed by atoms with Crippen LogP contribution in [-0.4, -0.2) is 60.6 Å². The lowest BCUT2D eigenvalue weighted by atomic mass is 10.2. The fourth-order valence-electron chi connectivity index (χ4n) is 2.99. The monoisotopic (exact) mass is 453 g/mol. The Morgan fingerprint density at radius 3 is 2.84 bits per heavy atom. The van der Waals surface area contributed by atoms with E-state index in [-0.39, 0.29) is 18.4 Å². The predicted octanol–water partition coefficient (Wildman–Crippen LogP) is 2.62. The summed E-state index contributed by atoms with van der Waals surface area (Å²) in [6, 6.07) is 5.76. The zero-order valence-corrected chi connectivity index (χ0v) is 17.7. The second kappa shape index (κ2) is 9.49. The Balaban J connectivity index is 0.000000775. The van der Waals surface area contributed by atoms with Gasteiger partial charge in [0.2, 0.25) is 0 Å². The van der Waals surface area contributed by atoms with Gasteiger partial charge in [-0.1, -0.05) is 6.07 Å². The van der Waals surface area contributed by atoms with E-state index in [1.165, 1.54) is 11.3 Å². The molecular weight excluding hydrogens is 434 g/mol. The van der Waals surface area contributed by atoms with Gasteiger partial charge in [-0.05, 0) is 19.1 Å². The zero-order valence-electron chi connectivity index (χ0n) is 16.9. The van der Waals surface area contributed by atoms with Gasteiger partial charge in [-0.15, -0.1) is 11.3 Å². The van der Waals surface area contributed by atoms with Crippen molar-refractivity contribution in [2.24, 2.45) is 0 Å². The average Bonchev–Trinajstić information content (AvgIpc) is 3.48. The molecule has 1 aliphatic rings. The number of carbonyl (C=O) groups is 2. The van der Waals surface area contributed by atoms with Crippen molar-refractivity contribution in [1.82, 2.24) is 29.9 Å². The number of amides is 1. The van der Waals surface area contributed by atoms with Gasteiger partial charge in [-0.25, -0.2) is 4.98 Å². The molecule has 1 fully saturated rings. The number of aromatic amines is 1. The minimum Gasteiger partial charge on any atom is -0.483 e. The molecule has 0 aromatic carbocycles.